The lowest BCUT2D eigenvalue weighted by molar-refractivity contribution is -0.132. The normalized spacial score (nSPS) is 12.0. The highest BCUT2D eigenvalue weighted by atomic mass is 16.4. The third-order valence-corrected chi connectivity index (χ3v) is 4.84. The Labute approximate surface area is 171 Å². The molecule has 3 rings (SSSR count). The van der Waals surface area contributed by atoms with Crippen LogP contribution in [0.1, 0.15) is 48.8 Å². The molecule has 2 aromatic carbocycles. The predicted molar refractivity (Wildman–Crippen MR) is 115 cm³/mol. The fourth-order valence-corrected chi connectivity index (χ4v) is 3.13. The lowest BCUT2D eigenvalue weighted by Crippen LogP contribution is -2.12. The van der Waals surface area contributed by atoms with Crippen LogP contribution in [0.5, 0.6) is 0 Å². The summed E-state index contributed by atoms with van der Waals surface area (Å²) in [5.41, 5.74) is 3.34. The van der Waals surface area contributed by atoms with Gasteiger partial charge in [-0.3, -0.25) is 4.79 Å². The van der Waals surface area contributed by atoms with Crippen LogP contribution in [0.25, 0.3) is 11.8 Å². The van der Waals surface area contributed by atoms with E-state index in [2.05, 4.69) is 20.8 Å². The fraction of sp³-hybridized carbons (Fsp3) is 0.200. The van der Waals surface area contributed by atoms with Gasteiger partial charge < -0.3 is 9.67 Å². The number of benzene rings is 2. The van der Waals surface area contributed by atoms with E-state index in [9.17, 15) is 14.7 Å². The smallest absolute Gasteiger partial charge is 0.332 e. The maximum absolute atomic E-state index is 12.7. The van der Waals surface area contributed by atoms with Crippen molar-refractivity contribution in [1.82, 2.24) is 4.57 Å². The van der Waals surface area contributed by atoms with Gasteiger partial charge in [-0.05, 0) is 41.3 Å². The predicted octanol–water partition coefficient (Wildman–Crippen LogP) is 5.52. The van der Waals surface area contributed by atoms with E-state index in [4.69, 9.17) is 0 Å². The number of rotatable bonds is 6. The number of carboxylic acid groups (broad SMARTS) is 1. The monoisotopic (exact) mass is 387 g/mol. The fourth-order valence-electron chi connectivity index (χ4n) is 3.13. The van der Waals surface area contributed by atoms with Crippen molar-refractivity contribution in [3.05, 3.63) is 95.3 Å². The average molecular weight is 387 g/mol. The minimum atomic E-state index is -1.09. The first kappa shape index (κ1) is 20.3. The zero-order valence-corrected chi connectivity index (χ0v) is 16.9. The SMILES string of the molecule is CC(C)(C)c1ccc(C(=O)CC(=Cc2cccn2-c2ccccc2)C(=O)O)cc1. The van der Waals surface area contributed by atoms with E-state index in [0.29, 0.717) is 11.3 Å². The first-order valence-corrected chi connectivity index (χ1v) is 9.56. The second-order valence-electron chi connectivity index (χ2n) is 8.04. The Hall–Kier alpha value is -3.40. The number of para-hydroxylation sites is 1. The molecule has 0 aliphatic rings. The summed E-state index contributed by atoms with van der Waals surface area (Å²) in [6.45, 7) is 6.32. The lowest BCUT2D eigenvalue weighted by Gasteiger charge is -2.19. The summed E-state index contributed by atoms with van der Waals surface area (Å²) in [6.07, 6.45) is 3.27. The molecule has 1 heterocycles. The third kappa shape index (κ3) is 4.91. The second-order valence-corrected chi connectivity index (χ2v) is 8.04. The zero-order valence-electron chi connectivity index (χ0n) is 16.9. The number of carbonyl (C=O) groups excluding carboxylic acids is 1. The molecule has 0 bridgehead atoms. The van der Waals surface area contributed by atoms with Gasteiger partial charge in [-0.15, -0.1) is 0 Å². The Kier molecular flexibility index (Phi) is 5.83. The van der Waals surface area contributed by atoms with Crippen molar-refractivity contribution in [3.63, 3.8) is 0 Å². The molecule has 0 unspecified atom stereocenters. The quantitative estimate of drug-likeness (QED) is 0.448. The molecule has 0 amide bonds. The van der Waals surface area contributed by atoms with Gasteiger partial charge in [0.1, 0.15) is 0 Å². The average Bonchev–Trinajstić information content (AvgIpc) is 3.15. The largest absolute Gasteiger partial charge is 0.478 e. The van der Waals surface area contributed by atoms with Crippen molar-refractivity contribution in [1.29, 1.82) is 0 Å². The number of carbonyl (C=O) groups is 2. The summed E-state index contributed by atoms with van der Waals surface area (Å²) >= 11 is 0. The Bertz CT molecular complexity index is 1040. The van der Waals surface area contributed by atoms with Crippen molar-refractivity contribution in [2.45, 2.75) is 32.6 Å². The van der Waals surface area contributed by atoms with Gasteiger partial charge in [-0.2, -0.15) is 0 Å². The van der Waals surface area contributed by atoms with Gasteiger partial charge >= 0.3 is 5.97 Å². The van der Waals surface area contributed by atoms with E-state index < -0.39 is 5.97 Å². The number of carboxylic acids is 1. The zero-order chi connectivity index (χ0) is 21.0. The van der Waals surface area contributed by atoms with Crippen LogP contribution in [0.4, 0.5) is 0 Å². The molecule has 3 aromatic rings. The number of hydrogen-bond acceptors (Lipinski definition) is 2. The first-order chi connectivity index (χ1) is 13.8. The molecule has 4 heteroatoms. The van der Waals surface area contributed by atoms with E-state index in [1.807, 2.05) is 65.4 Å². The molecular weight excluding hydrogens is 362 g/mol. The van der Waals surface area contributed by atoms with Gasteiger partial charge in [0, 0.05) is 35.1 Å². The summed E-state index contributed by atoms with van der Waals surface area (Å²) < 4.78 is 1.89. The molecule has 0 radical (unpaired) electrons. The first-order valence-electron chi connectivity index (χ1n) is 9.56. The molecule has 1 N–H and O–H groups in total. The number of hydrogen-bond donors (Lipinski definition) is 1. The maximum atomic E-state index is 12.7. The van der Waals surface area contributed by atoms with Crippen molar-refractivity contribution in [2.24, 2.45) is 0 Å². The van der Waals surface area contributed by atoms with E-state index in [1.165, 1.54) is 0 Å². The number of ketones is 1. The minimum Gasteiger partial charge on any atom is -0.478 e. The van der Waals surface area contributed by atoms with Crippen LogP contribution >= 0.6 is 0 Å². The number of Topliss-reactive ketones (excluding diaryl/α,β-unsaturated/α-hetero) is 1. The van der Waals surface area contributed by atoms with E-state index in [0.717, 1.165) is 11.3 Å². The van der Waals surface area contributed by atoms with E-state index in [-0.39, 0.29) is 23.2 Å². The van der Waals surface area contributed by atoms with Gasteiger partial charge in [-0.25, -0.2) is 4.79 Å². The lowest BCUT2D eigenvalue weighted by atomic mass is 9.86. The van der Waals surface area contributed by atoms with Crippen molar-refractivity contribution in [2.75, 3.05) is 0 Å². The molecule has 4 nitrogen and oxygen atoms in total. The number of nitrogens with zero attached hydrogens (tertiary/aromatic N) is 1. The molecule has 0 saturated carbocycles. The molecule has 0 aliphatic heterocycles. The standard InChI is InChI=1S/C25H25NO3/c1-25(2,3)20-13-11-18(12-14-20)23(27)17-19(24(28)29)16-22-10-7-15-26(22)21-8-5-4-6-9-21/h4-16H,17H2,1-3H3,(H,28,29). The molecule has 0 fully saturated rings. The van der Waals surface area contributed by atoms with E-state index >= 15 is 0 Å². The van der Waals surface area contributed by atoms with Crippen molar-refractivity contribution >= 4 is 17.8 Å². The Morgan fingerprint density at radius 1 is 0.931 bits per heavy atom. The Morgan fingerprint density at radius 3 is 2.17 bits per heavy atom. The molecule has 1 aromatic heterocycles. The highest BCUT2D eigenvalue weighted by molar-refractivity contribution is 6.05. The highest BCUT2D eigenvalue weighted by Crippen LogP contribution is 2.23. The summed E-state index contributed by atoms with van der Waals surface area (Å²) in [5, 5.41) is 9.65. The molecule has 0 aliphatic carbocycles. The van der Waals surface area contributed by atoms with Crippen molar-refractivity contribution in [3.8, 4) is 5.69 Å². The Morgan fingerprint density at radius 2 is 1.59 bits per heavy atom. The number of aromatic nitrogens is 1. The van der Waals surface area contributed by atoms with Gasteiger partial charge in [0.2, 0.25) is 0 Å². The highest BCUT2D eigenvalue weighted by Gasteiger charge is 2.18. The summed E-state index contributed by atoms with van der Waals surface area (Å²) in [5.74, 6) is -1.30. The summed E-state index contributed by atoms with van der Waals surface area (Å²) in [6, 6.07) is 20.7. The molecule has 0 saturated heterocycles. The summed E-state index contributed by atoms with van der Waals surface area (Å²) in [4.78, 5) is 24.5. The Balaban J connectivity index is 1.86. The minimum absolute atomic E-state index is 0.00342. The van der Waals surface area contributed by atoms with Crippen LogP contribution in [0.3, 0.4) is 0 Å². The van der Waals surface area contributed by atoms with Gasteiger partial charge in [0.05, 0.1) is 0 Å². The topological polar surface area (TPSA) is 59.3 Å². The molecule has 148 valence electrons. The van der Waals surface area contributed by atoms with Crippen LogP contribution in [0.15, 0.2) is 78.5 Å². The van der Waals surface area contributed by atoms with Crippen molar-refractivity contribution < 1.29 is 14.7 Å². The van der Waals surface area contributed by atoms with Crippen LogP contribution in [-0.2, 0) is 10.2 Å². The van der Waals surface area contributed by atoms with Crippen LogP contribution in [0.2, 0.25) is 0 Å². The van der Waals surface area contributed by atoms with Crippen LogP contribution < -0.4 is 0 Å². The summed E-state index contributed by atoms with van der Waals surface area (Å²) in [7, 11) is 0. The van der Waals surface area contributed by atoms with Crippen LogP contribution in [0, 0.1) is 0 Å². The van der Waals surface area contributed by atoms with Gasteiger partial charge in [0.25, 0.3) is 0 Å². The molecular formula is C25H25NO3. The van der Waals surface area contributed by atoms with Gasteiger partial charge in [-0.1, -0.05) is 63.2 Å². The second kappa shape index (κ2) is 8.31. The molecule has 0 spiro atoms. The molecule has 0 atom stereocenters. The molecule has 29 heavy (non-hydrogen) atoms. The van der Waals surface area contributed by atoms with Crippen LogP contribution in [-0.4, -0.2) is 21.4 Å². The van der Waals surface area contributed by atoms with E-state index in [1.54, 1.807) is 18.2 Å². The van der Waals surface area contributed by atoms with Gasteiger partial charge in [0.15, 0.2) is 5.78 Å². The maximum Gasteiger partial charge on any atom is 0.332 e. The third-order valence-electron chi connectivity index (χ3n) is 4.84. The number of aliphatic carboxylic acids is 1.